The van der Waals surface area contributed by atoms with E-state index >= 15 is 0 Å². The van der Waals surface area contributed by atoms with Gasteiger partial charge in [-0.05, 0) is 59.2 Å². The number of nitrogens with zero attached hydrogens (tertiary/aromatic N) is 1. The number of carbonyl (C=O) groups is 3. The highest BCUT2D eigenvalue weighted by Crippen LogP contribution is 2.28. The number of thiophene rings is 1. The van der Waals surface area contributed by atoms with Crippen LogP contribution < -0.4 is 10.2 Å². The zero-order valence-electron chi connectivity index (χ0n) is 13.1. The summed E-state index contributed by atoms with van der Waals surface area (Å²) >= 11 is 1.57. The Balaban J connectivity index is 1.72. The van der Waals surface area contributed by atoms with E-state index in [-0.39, 0.29) is 30.6 Å². The number of imide groups is 1. The summed E-state index contributed by atoms with van der Waals surface area (Å²) in [7, 11) is 0. The predicted molar refractivity (Wildman–Crippen MR) is 94.9 cm³/mol. The van der Waals surface area contributed by atoms with Crippen LogP contribution in [-0.2, 0) is 14.4 Å². The van der Waals surface area contributed by atoms with E-state index < -0.39 is 0 Å². The van der Waals surface area contributed by atoms with Gasteiger partial charge in [0.05, 0.1) is 5.69 Å². The molecular weight excluding hydrogens is 324 g/mol. The molecule has 1 saturated heterocycles. The first-order valence-electron chi connectivity index (χ1n) is 7.52. The molecule has 0 aliphatic carbocycles. The summed E-state index contributed by atoms with van der Waals surface area (Å²) in [6, 6.07) is 7.06. The average Bonchev–Trinajstić information content (AvgIpc) is 3.17. The smallest absolute Gasteiger partial charge is 0.248 e. The third kappa shape index (κ3) is 3.44. The number of aryl methyl sites for hydroxylation is 1. The zero-order valence-corrected chi connectivity index (χ0v) is 13.9. The number of anilines is 2. The second-order valence-corrected chi connectivity index (χ2v) is 6.28. The summed E-state index contributed by atoms with van der Waals surface area (Å²) in [5.74, 6) is -0.598. The summed E-state index contributed by atoms with van der Waals surface area (Å²) < 4.78 is 0. The van der Waals surface area contributed by atoms with Gasteiger partial charge in [0.1, 0.15) is 0 Å². The van der Waals surface area contributed by atoms with E-state index in [1.165, 1.54) is 11.0 Å². The molecule has 24 heavy (non-hydrogen) atoms. The van der Waals surface area contributed by atoms with Crippen LogP contribution in [0.3, 0.4) is 0 Å². The number of hydrogen-bond donors (Lipinski definition) is 1. The first-order valence-corrected chi connectivity index (χ1v) is 8.46. The van der Waals surface area contributed by atoms with Crippen molar-refractivity contribution in [3.05, 3.63) is 52.2 Å². The Bertz CT molecular complexity index is 809. The van der Waals surface area contributed by atoms with Gasteiger partial charge in [0.15, 0.2) is 0 Å². The quantitative estimate of drug-likeness (QED) is 0.685. The van der Waals surface area contributed by atoms with Crippen LogP contribution in [0.2, 0.25) is 0 Å². The minimum absolute atomic E-state index is 0.182. The monoisotopic (exact) mass is 340 g/mol. The Morgan fingerprint density at radius 1 is 1.21 bits per heavy atom. The number of carbonyl (C=O) groups excluding carboxylic acids is 3. The molecule has 3 amide bonds. The van der Waals surface area contributed by atoms with Crippen molar-refractivity contribution in [2.45, 2.75) is 19.8 Å². The predicted octanol–water partition coefficient (Wildman–Crippen LogP) is 3.36. The van der Waals surface area contributed by atoms with Crippen LogP contribution in [0.4, 0.5) is 11.4 Å². The lowest BCUT2D eigenvalue weighted by atomic mass is 10.1. The van der Waals surface area contributed by atoms with Gasteiger partial charge in [-0.25, -0.2) is 0 Å². The van der Waals surface area contributed by atoms with Crippen LogP contribution in [0.5, 0.6) is 0 Å². The maximum Gasteiger partial charge on any atom is 0.248 e. The van der Waals surface area contributed by atoms with Crippen LogP contribution in [0.25, 0.3) is 6.08 Å². The van der Waals surface area contributed by atoms with Crippen LogP contribution in [0, 0.1) is 6.92 Å². The van der Waals surface area contributed by atoms with Gasteiger partial charge in [0, 0.05) is 24.6 Å². The maximum absolute atomic E-state index is 12.0. The lowest BCUT2D eigenvalue weighted by molar-refractivity contribution is -0.121. The molecule has 0 spiro atoms. The molecule has 0 unspecified atom stereocenters. The minimum Gasteiger partial charge on any atom is -0.323 e. The van der Waals surface area contributed by atoms with Gasteiger partial charge >= 0.3 is 0 Å². The molecule has 6 heteroatoms. The van der Waals surface area contributed by atoms with Gasteiger partial charge in [-0.1, -0.05) is 0 Å². The molecule has 3 rings (SSSR count). The Labute approximate surface area is 143 Å². The fraction of sp³-hybridized carbons (Fsp3) is 0.167. The second-order valence-electron chi connectivity index (χ2n) is 5.50. The number of hydrogen-bond acceptors (Lipinski definition) is 4. The lowest BCUT2D eigenvalue weighted by Crippen LogP contribution is -2.29. The highest BCUT2D eigenvalue weighted by Gasteiger charge is 2.31. The van der Waals surface area contributed by atoms with Gasteiger partial charge < -0.3 is 5.32 Å². The van der Waals surface area contributed by atoms with E-state index in [0.717, 1.165) is 11.1 Å². The molecule has 0 bridgehead atoms. The van der Waals surface area contributed by atoms with Crippen LogP contribution in [0.15, 0.2) is 41.1 Å². The van der Waals surface area contributed by atoms with Crippen molar-refractivity contribution < 1.29 is 14.4 Å². The van der Waals surface area contributed by atoms with Gasteiger partial charge in [-0.3, -0.25) is 19.3 Å². The van der Waals surface area contributed by atoms with E-state index in [2.05, 4.69) is 5.32 Å². The summed E-state index contributed by atoms with van der Waals surface area (Å²) in [6.07, 6.45) is 3.72. The minimum atomic E-state index is -0.235. The molecule has 1 aromatic carbocycles. The van der Waals surface area contributed by atoms with Crippen LogP contribution in [0.1, 0.15) is 24.0 Å². The van der Waals surface area contributed by atoms with Crippen molar-refractivity contribution in [1.82, 2.24) is 0 Å². The molecule has 1 aliphatic rings. The van der Waals surface area contributed by atoms with E-state index in [9.17, 15) is 14.4 Å². The van der Waals surface area contributed by atoms with Crippen molar-refractivity contribution in [3.8, 4) is 0 Å². The Hall–Kier alpha value is -2.73. The Morgan fingerprint density at radius 3 is 2.58 bits per heavy atom. The number of rotatable bonds is 4. The van der Waals surface area contributed by atoms with E-state index in [0.29, 0.717) is 11.4 Å². The van der Waals surface area contributed by atoms with Crippen LogP contribution in [-0.4, -0.2) is 17.7 Å². The van der Waals surface area contributed by atoms with Crippen molar-refractivity contribution in [2.75, 3.05) is 10.2 Å². The lowest BCUT2D eigenvalue weighted by Gasteiger charge is -2.17. The standard InChI is InChI=1S/C18H16N2O3S/c1-12-10-14(19-16(21)5-2-13-8-9-24-11-13)3-4-15(12)20-17(22)6-7-18(20)23/h2-5,8-11H,6-7H2,1H3,(H,19,21)/b5-2-. The zero-order chi connectivity index (χ0) is 17.1. The van der Waals surface area contributed by atoms with E-state index in [1.54, 1.807) is 35.6 Å². The molecule has 1 aromatic heterocycles. The molecule has 2 heterocycles. The Morgan fingerprint density at radius 2 is 1.96 bits per heavy atom. The summed E-state index contributed by atoms with van der Waals surface area (Å²) in [5.41, 5.74) is 2.94. The molecule has 1 N–H and O–H groups in total. The van der Waals surface area contributed by atoms with Gasteiger partial charge in [0.25, 0.3) is 0 Å². The van der Waals surface area contributed by atoms with Gasteiger partial charge in [0.2, 0.25) is 17.7 Å². The highest BCUT2D eigenvalue weighted by molar-refractivity contribution is 7.08. The number of amides is 3. The molecule has 122 valence electrons. The van der Waals surface area contributed by atoms with Crippen molar-refractivity contribution >= 4 is 46.5 Å². The topological polar surface area (TPSA) is 66.5 Å². The molecule has 0 atom stereocenters. The first-order chi connectivity index (χ1) is 11.5. The highest BCUT2D eigenvalue weighted by atomic mass is 32.1. The average molecular weight is 340 g/mol. The number of nitrogens with one attached hydrogen (secondary N) is 1. The molecule has 1 fully saturated rings. The van der Waals surface area contributed by atoms with Gasteiger partial charge in [-0.2, -0.15) is 11.3 Å². The molecule has 5 nitrogen and oxygen atoms in total. The molecule has 2 aromatic rings. The normalized spacial score (nSPS) is 14.6. The summed E-state index contributed by atoms with van der Waals surface area (Å²) in [5, 5.41) is 6.67. The third-order valence-electron chi connectivity index (χ3n) is 3.73. The fourth-order valence-electron chi connectivity index (χ4n) is 2.56. The molecule has 0 saturated carbocycles. The third-order valence-corrected chi connectivity index (χ3v) is 4.43. The molecule has 1 aliphatic heterocycles. The summed E-state index contributed by atoms with van der Waals surface area (Å²) in [6.45, 7) is 1.81. The fourth-order valence-corrected chi connectivity index (χ4v) is 3.18. The maximum atomic E-state index is 12.0. The number of benzene rings is 1. The second kappa shape index (κ2) is 6.80. The Kier molecular flexibility index (Phi) is 4.57. The van der Waals surface area contributed by atoms with Crippen LogP contribution >= 0.6 is 11.3 Å². The van der Waals surface area contributed by atoms with E-state index in [1.807, 2.05) is 23.8 Å². The van der Waals surface area contributed by atoms with E-state index in [4.69, 9.17) is 0 Å². The SMILES string of the molecule is Cc1cc(NC(=O)/C=C\c2ccsc2)ccc1N1C(=O)CCC1=O. The molecule has 0 radical (unpaired) electrons. The van der Waals surface area contributed by atoms with Gasteiger partial charge in [-0.15, -0.1) is 0 Å². The van der Waals surface area contributed by atoms with Crippen molar-refractivity contribution in [3.63, 3.8) is 0 Å². The van der Waals surface area contributed by atoms with Crippen molar-refractivity contribution in [2.24, 2.45) is 0 Å². The van der Waals surface area contributed by atoms with Crippen molar-refractivity contribution in [1.29, 1.82) is 0 Å². The molecular formula is C18H16N2O3S. The first kappa shape index (κ1) is 16.1. The summed E-state index contributed by atoms with van der Waals surface area (Å²) in [4.78, 5) is 36.8. The largest absolute Gasteiger partial charge is 0.323 e.